The van der Waals surface area contributed by atoms with Crippen LogP contribution in [-0.4, -0.2) is 13.7 Å². The highest BCUT2D eigenvalue weighted by atomic mass is 15.2. The first kappa shape index (κ1) is 82.1. The van der Waals surface area contributed by atoms with Crippen molar-refractivity contribution in [3.8, 4) is 108 Å². The Labute approximate surface area is 700 Å². The lowest BCUT2D eigenvalue weighted by molar-refractivity contribution is -0.697. The minimum absolute atomic E-state index is 0.387. The molecule has 0 saturated carbocycles. The summed E-state index contributed by atoms with van der Waals surface area (Å²) in [5.74, 6) is 5.96. The highest BCUT2D eigenvalue weighted by molar-refractivity contribution is 5.80. The number of fused-ring (bicyclic) bond motifs is 2. The molecule has 0 N–H and O–H groups in total. The Hall–Kier alpha value is -12.4. The van der Waals surface area contributed by atoms with E-state index in [0.29, 0.717) is 35.5 Å². The van der Waals surface area contributed by atoms with Gasteiger partial charge in [0, 0.05) is 111 Å². The molecule has 0 atom stereocenters. The van der Waals surface area contributed by atoms with Crippen LogP contribution in [0.3, 0.4) is 0 Å². The zero-order valence-electron chi connectivity index (χ0n) is 73.9. The molecule has 118 heavy (non-hydrogen) atoms. The first-order chi connectivity index (χ1) is 56.7. The summed E-state index contributed by atoms with van der Waals surface area (Å²) in [5, 5.41) is 1.24. The molecule has 16 aromatic rings. The van der Waals surface area contributed by atoms with Gasteiger partial charge in [0.25, 0.3) is 51.2 Å². The maximum Gasteiger partial charge on any atom is 0.360 e. The minimum Gasteiger partial charge on any atom is -0.227 e. The zero-order chi connectivity index (χ0) is 83.8. The van der Waals surface area contributed by atoms with Gasteiger partial charge in [-0.25, -0.2) is 13.7 Å². The van der Waals surface area contributed by atoms with E-state index in [9.17, 15) is 0 Å². The van der Waals surface area contributed by atoms with E-state index in [1.165, 1.54) is 151 Å². The maximum atomic E-state index is 2.52. The van der Waals surface area contributed by atoms with Gasteiger partial charge in [-0.1, -0.05) is 223 Å². The zero-order valence-corrected chi connectivity index (χ0v) is 73.9. The number of aromatic nitrogens is 12. The standard InChI is InChI=1S/C39H43N4.C35H41N4.C32H37N4/c1-26(2)30-18-14-19-31(27(3)4)38(30)43-35-21-13-12-20-33(35)42(8)39(43)36-23-15-22-34(41(36)7)37-24-28(5)32(25-40(37)6)29-16-10-9-11-17-29;1-24(2)28-16-12-17-29(25(3)4)34(28)39-21-20-36(6)35(39)32-19-13-18-31(38(32)8)33-22-26(5)30(23-37(33)7)27-14-10-9-11-15-27;1-22(2)25-13-10-14-26(23(3)4)31(25)36-21-20-33(5)32(36)30-17-11-16-28(35(30)7)29-19-18-24-12-8-9-15-27(24)34(29)6/h9-27H,1-8H3;9-25H,1-8H3;8-23H,1-7H3/q3*+3. The largest absolute Gasteiger partial charge is 0.360 e. The molecule has 0 saturated heterocycles. The lowest BCUT2D eigenvalue weighted by atomic mass is 9.92. The molecule has 0 aliphatic heterocycles. The van der Waals surface area contributed by atoms with E-state index >= 15 is 0 Å². The number of pyridine rings is 6. The van der Waals surface area contributed by atoms with Crippen molar-refractivity contribution in [1.29, 1.82) is 0 Å². The molecule has 0 bridgehead atoms. The van der Waals surface area contributed by atoms with Crippen molar-refractivity contribution in [2.75, 3.05) is 0 Å². The summed E-state index contributed by atoms with van der Waals surface area (Å²) in [7, 11) is 19.5. The van der Waals surface area contributed by atoms with Crippen LogP contribution in [0.2, 0.25) is 0 Å². The van der Waals surface area contributed by atoms with Gasteiger partial charge in [-0.15, -0.1) is 0 Å². The van der Waals surface area contributed by atoms with Gasteiger partial charge in [0.1, 0.15) is 84.1 Å². The van der Waals surface area contributed by atoms with Gasteiger partial charge in [0.15, 0.2) is 23.4 Å². The second-order valence-electron chi connectivity index (χ2n) is 34.1. The van der Waals surface area contributed by atoms with Crippen LogP contribution in [0.4, 0.5) is 0 Å². The summed E-state index contributed by atoms with van der Waals surface area (Å²) in [6.45, 7) is 31.9. The Morgan fingerprint density at radius 3 is 0.975 bits per heavy atom. The van der Waals surface area contributed by atoms with E-state index < -0.39 is 0 Å². The Morgan fingerprint density at radius 1 is 0.254 bits per heavy atom. The number of nitrogens with zero attached hydrogens (tertiary/aromatic N) is 12. The van der Waals surface area contributed by atoms with E-state index in [2.05, 4.69) is 495 Å². The monoisotopic (exact) mass is 1560 g/mol. The van der Waals surface area contributed by atoms with Gasteiger partial charge in [-0.05, 0) is 114 Å². The first-order valence-electron chi connectivity index (χ1n) is 42.2. The number of hydrogen-bond donors (Lipinski definition) is 0. The topological polar surface area (TPSA) is 49.7 Å². The SMILES string of the molecule is CC(C)c1cccc(C(C)C)c1-n1cc[n+](C)c1-c1cccc(-c2ccc3ccccc3[n+]2C)[n+]1C.Cc1cc(-c2cccc(-c3n(-c4c(C(C)C)cccc4C(C)C)c4ccccc4[n+]3C)[n+]2C)[n+](C)cc1-c1ccccc1.Cc1cc(-c2cccc(-c3n(-c4c(C(C)C)cccc4C(C)C)cc[n+]3C)[n+]2C)[n+](C)cc1-c1ccccc1. The average molecular weight is 1560 g/mol. The number of para-hydroxylation sites is 6. The van der Waals surface area contributed by atoms with Crippen molar-refractivity contribution in [2.24, 2.45) is 63.4 Å². The predicted molar refractivity (Wildman–Crippen MR) is 480 cm³/mol. The minimum atomic E-state index is 0.387. The van der Waals surface area contributed by atoms with Gasteiger partial charge < -0.3 is 0 Å². The number of benzene rings is 7. The number of rotatable bonds is 17. The Morgan fingerprint density at radius 2 is 0.576 bits per heavy atom. The van der Waals surface area contributed by atoms with Gasteiger partial charge in [-0.2, -0.15) is 41.1 Å². The number of hydrogen-bond acceptors (Lipinski definition) is 0. The lowest BCUT2D eigenvalue weighted by Gasteiger charge is -2.18. The van der Waals surface area contributed by atoms with Crippen molar-refractivity contribution in [2.45, 2.75) is 132 Å². The van der Waals surface area contributed by atoms with Crippen LogP contribution >= 0.6 is 0 Å². The second-order valence-corrected chi connectivity index (χ2v) is 34.1. The first-order valence-corrected chi connectivity index (χ1v) is 42.2. The molecule has 12 heteroatoms. The summed E-state index contributed by atoms with van der Waals surface area (Å²) < 4.78 is 27.9. The second kappa shape index (κ2) is 34.4. The van der Waals surface area contributed by atoms with Crippen LogP contribution in [0.5, 0.6) is 0 Å². The third-order valence-corrected chi connectivity index (χ3v) is 24.1. The Bertz CT molecular complexity index is 6320. The van der Waals surface area contributed by atoms with Gasteiger partial charge >= 0.3 is 17.5 Å². The van der Waals surface area contributed by atoms with Crippen LogP contribution in [0, 0.1) is 13.8 Å². The average Bonchev–Trinajstić information content (AvgIpc) is 1.57. The molecular weight excluding hydrogens is 1440 g/mol. The fourth-order valence-electron chi connectivity index (χ4n) is 17.7. The molecule has 0 unspecified atom stereocenters. The smallest absolute Gasteiger partial charge is 0.227 e. The van der Waals surface area contributed by atoms with Crippen LogP contribution in [0.25, 0.3) is 130 Å². The molecule has 9 aromatic heterocycles. The Balaban J connectivity index is 0.000000146. The van der Waals surface area contributed by atoms with Crippen molar-refractivity contribution in [1.82, 2.24) is 13.7 Å². The van der Waals surface area contributed by atoms with E-state index in [0.717, 1.165) is 23.0 Å². The van der Waals surface area contributed by atoms with Crippen LogP contribution in [0.15, 0.2) is 280 Å². The normalized spacial score (nSPS) is 11.6. The molecule has 596 valence electrons. The molecule has 9 heterocycles. The summed E-state index contributed by atoms with van der Waals surface area (Å²) >= 11 is 0. The summed E-state index contributed by atoms with van der Waals surface area (Å²) in [6, 6.07) is 88.0. The fraction of sp³-hybridized carbons (Fsp3) is 0.274. The molecule has 0 aliphatic rings. The fourth-order valence-corrected chi connectivity index (χ4v) is 17.7. The Kier molecular flexibility index (Phi) is 24.0. The predicted octanol–water partition coefficient (Wildman–Crippen LogP) is 19.9. The van der Waals surface area contributed by atoms with E-state index in [4.69, 9.17) is 0 Å². The highest BCUT2D eigenvalue weighted by Crippen LogP contribution is 2.40. The summed E-state index contributed by atoms with van der Waals surface area (Å²) in [5.41, 5.74) is 33.9. The quantitative estimate of drug-likeness (QED) is 0.0816. The van der Waals surface area contributed by atoms with Crippen molar-refractivity contribution in [3.63, 3.8) is 0 Å². The van der Waals surface area contributed by atoms with Gasteiger partial charge in [-0.3, -0.25) is 0 Å². The molecule has 0 amide bonds. The van der Waals surface area contributed by atoms with E-state index in [-0.39, 0.29) is 0 Å². The van der Waals surface area contributed by atoms with Gasteiger partial charge in [0.2, 0.25) is 5.52 Å². The van der Waals surface area contributed by atoms with Crippen LogP contribution in [0.1, 0.15) is 163 Å². The third-order valence-electron chi connectivity index (χ3n) is 24.1. The molecule has 12 nitrogen and oxygen atoms in total. The molecule has 0 radical (unpaired) electrons. The number of imidazole rings is 3. The summed E-state index contributed by atoms with van der Waals surface area (Å²) in [6.07, 6.45) is 13.3. The van der Waals surface area contributed by atoms with Gasteiger partial charge in [0.05, 0.1) is 21.1 Å². The number of aryl methyl sites for hydroxylation is 8. The molecular formula is C106H121N12+9. The molecule has 7 aromatic carbocycles. The third kappa shape index (κ3) is 15.6. The lowest BCUT2D eigenvalue weighted by Crippen LogP contribution is -2.43. The van der Waals surface area contributed by atoms with Crippen molar-refractivity contribution >= 4 is 21.9 Å². The van der Waals surface area contributed by atoms with E-state index in [1.807, 2.05) is 0 Å². The summed E-state index contributed by atoms with van der Waals surface area (Å²) in [4.78, 5) is 0. The van der Waals surface area contributed by atoms with Crippen LogP contribution < -0.4 is 41.1 Å². The maximum absolute atomic E-state index is 2.52. The highest BCUT2D eigenvalue weighted by Gasteiger charge is 2.39. The molecule has 16 rings (SSSR count). The van der Waals surface area contributed by atoms with E-state index in [1.54, 1.807) is 0 Å². The van der Waals surface area contributed by atoms with Crippen molar-refractivity contribution in [3.05, 3.63) is 324 Å². The van der Waals surface area contributed by atoms with Crippen molar-refractivity contribution < 1.29 is 41.1 Å². The molecule has 0 fully saturated rings. The van der Waals surface area contributed by atoms with Crippen LogP contribution in [-0.2, 0) is 63.4 Å². The molecule has 0 aliphatic carbocycles. The molecule has 0 spiro atoms.